The van der Waals surface area contributed by atoms with E-state index in [9.17, 15) is 4.79 Å². The van der Waals surface area contributed by atoms with Crippen LogP contribution in [0.5, 0.6) is 0 Å². The molecule has 2 aromatic rings. The quantitative estimate of drug-likeness (QED) is 0.633. The van der Waals surface area contributed by atoms with E-state index in [2.05, 4.69) is 29.3 Å². The first-order valence-corrected chi connectivity index (χ1v) is 6.86. The van der Waals surface area contributed by atoms with Crippen LogP contribution in [-0.4, -0.2) is 11.9 Å². The lowest BCUT2D eigenvalue weighted by molar-refractivity contribution is -0.130. The van der Waals surface area contributed by atoms with Crippen molar-refractivity contribution >= 4 is 11.9 Å². The van der Waals surface area contributed by atoms with Gasteiger partial charge in [-0.3, -0.25) is 0 Å². The lowest BCUT2D eigenvalue weighted by atomic mass is 10.0. The van der Waals surface area contributed by atoms with Gasteiger partial charge in [0.05, 0.1) is 0 Å². The summed E-state index contributed by atoms with van der Waals surface area (Å²) in [4.78, 5) is 15.6. The molecule has 104 valence electrons. The summed E-state index contributed by atoms with van der Waals surface area (Å²) in [5, 5.41) is 0. The zero-order chi connectivity index (χ0) is 14.7. The van der Waals surface area contributed by atoms with Gasteiger partial charge in [0.15, 0.2) is 0 Å². The molecule has 0 bridgehead atoms. The number of benzene rings is 2. The molecular weight excluding hydrogens is 262 g/mol. The van der Waals surface area contributed by atoms with Crippen LogP contribution in [0.15, 0.2) is 71.4 Å². The molecule has 0 unspecified atom stereocenters. The van der Waals surface area contributed by atoms with Crippen molar-refractivity contribution in [3.63, 3.8) is 0 Å². The largest absolute Gasteiger partial charge is 0.406 e. The Morgan fingerprint density at radius 1 is 1.00 bits per heavy atom. The maximum Gasteiger partial charge on any atom is 0.363 e. The second-order valence-electron chi connectivity index (χ2n) is 4.81. The second kappa shape index (κ2) is 5.75. The minimum Gasteiger partial charge on any atom is -0.406 e. The number of ether oxygens (including phenoxy) is 1. The normalized spacial score (nSPS) is 16.0. The Labute approximate surface area is 123 Å². The molecule has 3 heteroatoms. The molecule has 21 heavy (non-hydrogen) atoms. The highest BCUT2D eigenvalue weighted by Crippen LogP contribution is 2.20. The minimum atomic E-state index is -0.367. The third-order valence-electron chi connectivity index (χ3n) is 3.35. The van der Waals surface area contributed by atoms with Gasteiger partial charge >= 0.3 is 5.97 Å². The Balaban J connectivity index is 1.76. The van der Waals surface area contributed by atoms with Crippen LogP contribution in [0, 0.1) is 0 Å². The number of rotatable bonds is 3. The summed E-state index contributed by atoms with van der Waals surface area (Å²) in [5.74, 6) is 0.0916. The molecule has 0 amide bonds. The fraction of sp³-hybridized carbons (Fsp3) is 0.111. The Kier molecular flexibility index (Phi) is 3.65. The van der Waals surface area contributed by atoms with E-state index in [4.69, 9.17) is 4.74 Å². The predicted molar refractivity (Wildman–Crippen MR) is 82.9 cm³/mol. The molecule has 0 aromatic heterocycles. The van der Waals surface area contributed by atoms with E-state index < -0.39 is 0 Å². The van der Waals surface area contributed by atoms with Crippen molar-refractivity contribution in [2.75, 3.05) is 0 Å². The molecule has 1 aliphatic heterocycles. The Morgan fingerprint density at radius 3 is 2.29 bits per heavy atom. The maximum atomic E-state index is 11.4. The Morgan fingerprint density at radius 2 is 1.67 bits per heavy atom. The van der Waals surface area contributed by atoms with Gasteiger partial charge in [-0.05, 0) is 23.6 Å². The number of carbonyl (C=O) groups excluding carboxylic acids is 1. The van der Waals surface area contributed by atoms with Gasteiger partial charge < -0.3 is 4.74 Å². The zero-order valence-electron chi connectivity index (χ0n) is 11.7. The first-order valence-electron chi connectivity index (χ1n) is 6.86. The molecule has 2 aromatic carbocycles. The molecule has 3 nitrogen and oxygen atoms in total. The summed E-state index contributed by atoms with van der Waals surface area (Å²) in [5.41, 5.74) is 3.80. The monoisotopic (exact) mass is 277 g/mol. The van der Waals surface area contributed by atoms with Gasteiger partial charge in [-0.1, -0.05) is 60.7 Å². The summed E-state index contributed by atoms with van der Waals surface area (Å²) in [6.07, 6.45) is 2.19. The predicted octanol–water partition coefficient (Wildman–Crippen LogP) is 3.76. The molecule has 0 aliphatic carbocycles. The van der Waals surface area contributed by atoms with Crippen LogP contribution in [0.3, 0.4) is 0 Å². The van der Waals surface area contributed by atoms with Gasteiger partial charge in [0.1, 0.15) is 5.70 Å². The molecule has 3 rings (SSSR count). The van der Waals surface area contributed by atoms with Crippen LogP contribution in [0.2, 0.25) is 0 Å². The van der Waals surface area contributed by atoms with Crippen molar-refractivity contribution in [3.8, 4) is 11.1 Å². The fourth-order valence-corrected chi connectivity index (χ4v) is 2.24. The van der Waals surface area contributed by atoms with E-state index in [0.29, 0.717) is 18.0 Å². The molecule has 0 N–H and O–H groups in total. The first-order chi connectivity index (χ1) is 10.3. The van der Waals surface area contributed by atoms with Crippen LogP contribution in [-0.2, 0) is 16.0 Å². The lowest BCUT2D eigenvalue weighted by Crippen LogP contribution is -2.06. The molecule has 1 heterocycles. The van der Waals surface area contributed by atoms with Crippen LogP contribution in [0.25, 0.3) is 11.1 Å². The van der Waals surface area contributed by atoms with Crippen LogP contribution >= 0.6 is 0 Å². The third kappa shape index (κ3) is 2.92. The van der Waals surface area contributed by atoms with E-state index in [1.54, 1.807) is 13.0 Å². The van der Waals surface area contributed by atoms with Crippen LogP contribution in [0.4, 0.5) is 0 Å². The summed E-state index contributed by atoms with van der Waals surface area (Å²) < 4.78 is 5.13. The highest BCUT2D eigenvalue weighted by Gasteiger charge is 2.21. The van der Waals surface area contributed by atoms with E-state index >= 15 is 0 Å². The highest BCUT2D eigenvalue weighted by molar-refractivity contribution is 6.05. The van der Waals surface area contributed by atoms with Crippen LogP contribution in [0.1, 0.15) is 12.5 Å². The zero-order valence-corrected chi connectivity index (χ0v) is 11.7. The van der Waals surface area contributed by atoms with Gasteiger partial charge in [-0.25, -0.2) is 9.79 Å². The molecule has 0 fully saturated rings. The van der Waals surface area contributed by atoms with Gasteiger partial charge in [0.2, 0.25) is 5.90 Å². The SMILES string of the molecule is C/C=C1/N=C(Cc2ccc(-c3ccccc3)cc2)OC1=O. The number of hydrogen-bond acceptors (Lipinski definition) is 3. The van der Waals surface area contributed by atoms with Crippen molar-refractivity contribution in [3.05, 3.63) is 71.9 Å². The summed E-state index contributed by atoms with van der Waals surface area (Å²) in [6.45, 7) is 1.78. The van der Waals surface area contributed by atoms with E-state index in [0.717, 1.165) is 5.56 Å². The lowest BCUT2D eigenvalue weighted by Gasteiger charge is -2.04. The highest BCUT2D eigenvalue weighted by atomic mass is 16.6. The third-order valence-corrected chi connectivity index (χ3v) is 3.35. The molecule has 0 spiro atoms. The number of nitrogens with zero attached hydrogens (tertiary/aromatic N) is 1. The van der Waals surface area contributed by atoms with Crippen LogP contribution < -0.4 is 0 Å². The van der Waals surface area contributed by atoms with Gasteiger partial charge in [-0.2, -0.15) is 0 Å². The summed E-state index contributed by atoms with van der Waals surface area (Å²) >= 11 is 0. The van der Waals surface area contributed by atoms with Crippen molar-refractivity contribution in [1.82, 2.24) is 0 Å². The standard InChI is InChI=1S/C18H15NO2/c1-2-16-18(20)21-17(19-16)12-13-8-10-15(11-9-13)14-6-4-3-5-7-14/h2-11H,12H2,1H3/b16-2+. The van der Waals surface area contributed by atoms with Crippen molar-refractivity contribution in [2.45, 2.75) is 13.3 Å². The molecule has 1 aliphatic rings. The van der Waals surface area contributed by atoms with Gasteiger partial charge in [0.25, 0.3) is 0 Å². The average Bonchev–Trinajstić information content (AvgIpc) is 2.88. The Hall–Kier alpha value is -2.68. The molecule has 0 atom stereocenters. The number of hydrogen-bond donors (Lipinski definition) is 0. The number of esters is 1. The van der Waals surface area contributed by atoms with Crippen molar-refractivity contribution in [1.29, 1.82) is 0 Å². The smallest absolute Gasteiger partial charge is 0.363 e. The number of aliphatic imine (C=N–C) groups is 1. The minimum absolute atomic E-state index is 0.367. The first kappa shape index (κ1) is 13.3. The van der Waals surface area contributed by atoms with Gasteiger partial charge in [-0.15, -0.1) is 0 Å². The molecular formula is C18H15NO2. The van der Waals surface area contributed by atoms with E-state index in [1.807, 2.05) is 30.3 Å². The molecule has 0 saturated heterocycles. The van der Waals surface area contributed by atoms with E-state index in [1.165, 1.54) is 11.1 Å². The Bertz CT molecular complexity index is 713. The topological polar surface area (TPSA) is 38.7 Å². The molecule has 0 radical (unpaired) electrons. The van der Waals surface area contributed by atoms with Gasteiger partial charge in [0, 0.05) is 6.42 Å². The van der Waals surface area contributed by atoms with E-state index in [-0.39, 0.29) is 5.97 Å². The summed E-state index contributed by atoms with van der Waals surface area (Å²) in [7, 11) is 0. The fourth-order valence-electron chi connectivity index (χ4n) is 2.24. The second-order valence-corrected chi connectivity index (χ2v) is 4.81. The van der Waals surface area contributed by atoms with Crippen molar-refractivity contribution < 1.29 is 9.53 Å². The number of allylic oxidation sites excluding steroid dienone is 1. The number of cyclic esters (lactones) is 1. The van der Waals surface area contributed by atoms with Crippen molar-refractivity contribution in [2.24, 2.45) is 4.99 Å². The molecule has 0 saturated carbocycles. The number of carbonyl (C=O) groups is 1. The summed E-state index contributed by atoms with van der Waals surface area (Å²) in [6, 6.07) is 18.4. The average molecular weight is 277 g/mol. The maximum absolute atomic E-state index is 11.4.